The second kappa shape index (κ2) is 6.84. The number of pyridine rings is 1. The van der Waals surface area contributed by atoms with Crippen molar-refractivity contribution in [3.63, 3.8) is 0 Å². The van der Waals surface area contributed by atoms with Gasteiger partial charge in [0.05, 0.1) is 25.1 Å². The van der Waals surface area contributed by atoms with E-state index in [1.807, 2.05) is 17.2 Å². The van der Waals surface area contributed by atoms with Crippen LogP contribution in [0.4, 0.5) is 5.69 Å². The topological polar surface area (TPSA) is 74.3 Å². The van der Waals surface area contributed by atoms with E-state index in [2.05, 4.69) is 26.1 Å². The second-order valence-corrected chi connectivity index (χ2v) is 6.99. The molecule has 25 heavy (non-hydrogen) atoms. The third-order valence-electron chi connectivity index (χ3n) is 5.13. The van der Waals surface area contributed by atoms with E-state index in [0.29, 0.717) is 25.5 Å². The van der Waals surface area contributed by atoms with Crippen LogP contribution in [0.2, 0.25) is 0 Å². The van der Waals surface area contributed by atoms with E-state index in [1.165, 1.54) is 0 Å². The number of nitrogens with zero attached hydrogens (tertiary/aromatic N) is 4. The predicted octanol–water partition coefficient (Wildman–Crippen LogP) is 1.56. The molecule has 132 valence electrons. The predicted molar refractivity (Wildman–Crippen MR) is 93.4 cm³/mol. The summed E-state index contributed by atoms with van der Waals surface area (Å²) in [6.45, 7) is 4.61. The molecule has 2 aromatic rings. The van der Waals surface area contributed by atoms with Crippen LogP contribution in [-0.4, -0.2) is 65.4 Å². The Morgan fingerprint density at radius 3 is 3.00 bits per heavy atom. The number of likely N-dealkylation sites (tertiary alicyclic amines) is 1. The lowest BCUT2D eigenvalue weighted by Crippen LogP contribution is -2.52. The first-order chi connectivity index (χ1) is 12.3. The van der Waals surface area contributed by atoms with Crippen LogP contribution < -0.4 is 4.90 Å². The Kier molecular flexibility index (Phi) is 4.40. The minimum absolute atomic E-state index is 0.0220. The Morgan fingerprint density at radius 2 is 2.20 bits per heavy atom. The van der Waals surface area contributed by atoms with Gasteiger partial charge in [0.2, 0.25) is 0 Å². The summed E-state index contributed by atoms with van der Waals surface area (Å²) >= 11 is 0. The Morgan fingerprint density at radius 1 is 1.24 bits per heavy atom. The molecule has 4 rings (SSSR count). The fourth-order valence-electron chi connectivity index (χ4n) is 3.93. The third-order valence-corrected chi connectivity index (χ3v) is 5.13. The Labute approximate surface area is 147 Å². The molecular weight excluding hydrogens is 318 g/mol. The van der Waals surface area contributed by atoms with Gasteiger partial charge in [0, 0.05) is 44.0 Å². The highest BCUT2D eigenvalue weighted by Gasteiger charge is 2.40. The number of carbonyl (C=O) groups is 1. The van der Waals surface area contributed by atoms with Gasteiger partial charge in [-0.2, -0.15) is 5.10 Å². The van der Waals surface area contributed by atoms with Gasteiger partial charge in [-0.05, 0) is 31.0 Å². The number of carbonyl (C=O) groups excluding carboxylic acids is 1. The SMILES string of the molecule is O=C(c1ccn[nH]1)N1CCCC2(COCCN(c3cccnc3)C2)C1. The van der Waals surface area contributed by atoms with E-state index in [-0.39, 0.29) is 11.3 Å². The minimum Gasteiger partial charge on any atom is -0.379 e. The van der Waals surface area contributed by atoms with Crippen LogP contribution in [-0.2, 0) is 4.74 Å². The molecule has 2 aromatic heterocycles. The molecule has 1 spiro atoms. The number of H-pyrrole nitrogens is 1. The summed E-state index contributed by atoms with van der Waals surface area (Å²) < 4.78 is 5.94. The largest absolute Gasteiger partial charge is 0.379 e. The molecule has 0 bridgehead atoms. The maximum atomic E-state index is 12.7. The molecule has 0 aromatic carbocycles. The van der Waals surface area contributed by atoms with Crippen molar-refractivity contribution in [1.29, 1.82) is 0 Å². The Bertz CT molecular complexity index is 706. The maximum Gasteiger partial charge on any atom is 0.271 e. The van der Waals surface area contributed by atoms with Crippen molar-refractivity contribution in [1.82, 2.24) is 20.1 Å². The molecule has 1 N–H and O–H groups in total. The van der Waals surface area contributed by atoms with Crippen LogP contribution in [0.1, 0.15) is 23.3 Å². The molecule has 4 heterocycles. The van der Waals surface area contributed by atoms with Gasteiger partial charge in [-0.15, -0.1) is 0 Å². The number of nitrogens with one attached hydrogen (secondary N) is 1. The molecule has 1 atom stereocenters. The van der Waals surface area contributed by atoms with E-state index in [0.717, 1.165) is 38.2 Å². The van der Waals surface area contributed by atoms with Crippen LogP contribution in [0.5, 0.6) is 0 Å². The van der Waals surface area contributed by atoms with E-state index >= 15 is 0 Å². The van der Waals surface area contributed by atoms with Gasteiger partial charge >= 0.3 is 0 Å². The lowest BCUT2D eigenvalue weighted by atomic mass is 9.80. The third kappa shape index (κ3) is 3.37. The van der Waals surface area contributed by atoms with Gasteiger partial charge in [0.1, 0.15) is 5.69 Å². The maximum absolute atomic E-state index is 12.7. The molecule has 0 saturated carbocycles. The first kappa shape index (κ1) is 16.1. The van der Waals surface area contributed by atoms with Crippen LogP contribution in [0.25, 0.3) is 0 Å². The van der Waals surface area contributed by atoms with Crippen molar-refractivity contribution in [2.45, 2.75) is 12.8 Å². The van der Waals surface area contributed by atoms with Crippen molar-refractivity contribution in [2.24, 2.45) is 5.41 Å². The number of piperidine rings is 1. The summed E-state index contributed by atoms with van der Waals surface area (Å²) in [6.07, 6.45) is 7.36. The van der Waals surface area contributed by atoms with E-state index < -0.39 is 0 Å². The summed E-state index contributed by atoms with van der Waals surface area (Å²) in [6, 6.07) is 5.78. The van der Waals surface area contributed by atoms with Gasteiger partial charge in [-0.25, -0.2) is 0 Å². The molecule has 0 radical (unpaired) electrons. The zero-order valence-electron chi connectivity index (χ0n) is 14.2. The summed E-state index contributed by atoms with van der Waals surface area (Å²) in [4.78, 5) is 21.2. The van der Waals surface area contributed by atoms with Gasteiger partial charge in [0.25, 0.3) is 5.91 Å². The highest BCUT2D eigenvalue weighted by atomic mass is 16.5. The number of amides is 1. The number of hydrogen-bond acceptors (Lipinski definition) is 5. The van der Waals surface area contributed by atoms with E-state index in [1.54, 1.807) is 18.5 Å². The van der Waals surface area contributed by atoms with Crippen molar-refractivity contribution in [3.05, 3.63) is 42.5 Å². The zero-order chi connectivity index (χ0) is 17.1. The van der Waals surface area contributed by atoms with Gasteiger partial charge < -0.3 is 14.5 Å². The van der Waals surface area contributed by atoms with E-state index in [4.69, 9.17) is 4.74 Å². The molecule has 2 aliphatic rings. The molecule has 2 fully saturated rings. The molecule has 2 saturated heterocycles. The molecule has 1 amide bonds. The Balaban J connectivity index is 1.53. The second-order valence-electron chi connectivity index (χ2n) is 6.99. The molecule has 0 aliphatic carbocycles. The molecule has 2 aliphatic heterocycles. The average molecular weight is 341 g/mol. The van der Waals surface area contributed by atoms with Gasteiger partial charge in [-0.3, -0.25) is 14.9 Å². The monoisotopic (exact) mass is 341 g/mol. The molecular formula is C18H23N5O2. The number of aromatic amines is 1. The number of hydrogen-bond donors (Lipinski definition) is 1. The normalized spacial score (nSPS) is 24.3. The summed E-state index contributed by atoms with van der Waals surface area (Å²) in [7, 11) is 0. The van der Waals surface area contributed by atoms with Gasteiger partial charge in [-0.1, -0.05) is 0 Å². The first-order valence-corrected chi connectivity index (χ1v) is 8.77. The van der Waals surface area contributed by atoms with Crippen molar-refractivity contribution in [2.75, 3.05) is 44.3 Å². The fraction of sp³-hybridized carbons (Fsp3) is 0.500. The molecule has 7 heteroatoms. The lowest BCUT2D eigenvalue weighted by Gasteiger charge is -2.43. The standard InChI is InChI=1S/C18H23N5O2/c24-17(16-4-7-20-21-16)23-8-2-5-18(13-23)12-22(9-10-25-14-18)15-3-1-6-19-11-15/h1,3-4,6-7,11H,2,5,8-10,12-14H2,(H,20,21). The molecule has 7 nitrogen and oxygen atoms in total. The highest BCUT2D eigenvalue weighted by molar-refractivity contribution is 5.92. The zero-order valence-corrected chi connectivity index (χ0v) is 14.2. The Hall–Kier alpha value is -2.41. The van der Waals surface area contributed by atoms with Gasteiger partial charge in [0.15, 0.2) is 0 Å². The van der Waals surface area contributed by atoms with Crippen LogP contribution in [0.3, 0.4) is 0 Å². The first-order valence-electron chi connectivity index (χ1n) is 8.77. The lowest BCUT2D eigenvalue weighted by molar-refractivity contribution is 0.0133. The minimum atomic E-state index is -0.0414. The number of rotatable bonds is 2. The summed E-state index contributed by atoms with van der Waals surface area (Å²) in [5, 5.41) is 6.68. The quantitative estimate of drug-likeness (QED) is 0.897. The highest BCUT2D eigenvalue weighted by Crippen LogP contribution is 2.34. The van der Waals surface area contributed by atoms with Crippen molar-refractivity contribution in [3.8, 4) is 0 Å². The van der Waals surface area contributed by atoms with Crippen molar-refractivity contribution >= 4 is 11.6 Å². The van der Waals surface area contributed by atoms with Crippen molar-refractivity contribution < 1.29 is 9.53 Å². The van der Waals surface area contributed by atoms with Crippen LogP contribution >= 0.6 is 0 Å². The number of aromatic nitrogens is 3. The fourth-order valence-corrected chi connectivity index (χ4v) is 3.93. The van der Waals surface area contributed by atoms with E-state index in [9.17, 15) is 4.79 Å². The summed E-state index contributed by atoms with van der Waals surface area (Å²) in [5.41, 5.74) is 1.63. The van der Waals surface area contributed by atoms with Crippen LogP contribution in [0, 0.1) is 5.41 Å². The average Bonchev–Trinajstić information content (AvgIpc) is 3.12. The van der Waals surface area contributed by atoms with Crippen LogP contribution in [0.15, 0.2) is 36.8 Å². The smallest absolute Gasteiger partial charge is 0.271 e. The molecule has 1 unspecified atom stereocenters. The summed E-state index contributed by atoms with van der Waals surface area (Å²) in [5.74, 6) is 0.0220. The number of ether oxygens (including phenoxy) is 1. The number of anilines is 1.